The highest BCUT2D eigenvalue weighted by molar-refractivity contribution is 9.10. The molecule has 0 saturated carbocycles. The third-order valence-electron chi connectivity index (χ3n) is 1.95. The molecule has 0 N–H and O–H groups in total. The minimum absolute atomic E-state index is 0.0716. The number of halogens is 1. The molecule has 0 radical (unpaired) electrons. The minimum Gasteiger partial charge on any atom is -0.291 e. The van der Waals surface area contributed by atoms with Gasteiger partial charge >= 0.3 is 0 Å². The lowest BCUT2D eigenvalue weighted by molar-refractivity contribution is 0.720. The molecule has 15 heavy (non-hydrogen) atoms. The summed E-state index contributed by atoms with van der Waals surface area (Å²) in [4.78, 5) is 20.0. The predicted octanol–water partition coefficient (Wildman–Crippen LogP) is 1.82. The largest absolute Gasteiger partial charge is 0.291 e. The smallest absolute Gasteiger partial charge is 0.268 e. The standard InChI is InChI=1S/C9H8BrN3OS/c1-6-8(10)9(14)13(5-12-6)4-7-11-2-3-15-7/h2-3,5H,4H2,1H3. The van der Waals surface area contributed by atoms with Gasteiger partial charge in [0, 0.05) is 11.6 Å². The Morgan fingerprint density at radius 1 is 1.53 bits per heavy atom. The third kappa shape index (κ3) is 2.15. The second kappa shape index (κ2) is 4.24. The van der Waals surface area contributed by atoms with Crippen molar-refractivity contribution in [3.05, 3.63) is 43.4 Å². The Kier molecular flexibility index (Phi) is 2.97. The van der Waals surface area contributed by atoms with Crippen molar-refractivity contribution in [3.63, 3.8) is 0 Å². The highest BCUT2D eigenvalue weighted by Gasteiger charge is 2.06. The van der Waals surface area contributed by atoms with Gasteiger partial charge in [0.05, 0.1) is 18.6 Å². The van der Waals surface area contributed by atoms with Crippen LogP contribution in [0.5, 0.6) is 0 Å². The Balaban J connectivity index is 2.38. The first-order valence-corrected chi connectivity index (χ1v) is 5.95. The van der Waals surface area contributed by atoms with Crippen LogP contribution in [0, 0.1) is 6.92 Å². The van der Waals surface area contributed by atoms with Crippen LogP contribution in [-0.4, -0.2) is 14.5 Å². The summed E-state index contributed by atoms with van der Waals surface area (Å²) in [6.07, 6.45) is 3.27. The molecule has 0 aliphatic rings. The molecule has 78 valence electrons. The second-order valence-electron chi connectivity index (χ2n) is 3.00. The molecule has 2 rings (SSSR count). The average molecular weight is 286 g/mol. The van der Waals surface area contributed by atoms with Gasteiger partial charge in [0.2, 0.25) is 0 Å². The lowest BCUT2D eigenvalue weighted by Crippen LogP contribution is -2.22. The molecule has 6 heteroatoms. The molecule has 4 nitrogen and oxygen atoms in total. The molecule has 0 saturated heterocycles. The Bertz CT molecular complexity index is 521. The summed E-state index contributed by atoms with van der Waals surface area (Å²) in [5.74, 6) is 0. The van der Waals surface area contributed by atoms with E-state index in [-0.39, 0.29) is 5.56 Å². The fraction of sp³-hybridized carbons (Fsp3) is 0.222. The molecular formula is C9H8BrN3OS. The summed E-state index contributed by atoms with van der Waals surface area (Å²) in [6, 6.07) is 0. The molecule has 0 fully saturated rings. The van der Waals surface area contributed by atoms with E-state index in [2.05, 4.69) is 25.9 Å². The van der Waals surface area contributed by atoms with Gasteiger partial charge in [0.25, 0.3) is 5.56 Å². The highest BCUT2D eigenvalue weighted by atomic mass is 79.9. The van der Waals surface area contributed by atoms with Crippen LogP contribution < -0.4 is 5.56 Å². The second-order valence-corrected chi connectivity index (χ2v) is 4.77. The first-order chi connectivity index (χ1) is 7.18. The Labute approximate surface area is 98.8 Å². The number of aromatic nitrogens is 3. The first-order valence-electron chi connectivity index (χ1n) is 4.28. The molecule has 0 unspecified atom stereocenters. The number of nitrogens with zero attached hydrogens (tertiary/aromatic N) is 3. The van der Waals surface area contributed by atoms with Crippen molar-refractivity contribution in [3.8, 4) is 0 Å². The Hall–Kier alpha value is -1.01. The van der Waals surface area contributed by atoms with E-state index >= 15 is 0 Å². The van der Waals surface area contributed by atoms with E-state index in [0.717, 1.165) is 5.01 Å². The predicted molar refractivity (Wildman–Crippen MR) is 62.2 cm³/mol. The quantitative estimate of drug-likeness (QED) is 0.846. The van der Waals surface area contributed by atoms with Gasteiger partial charge in [0.1, 0.15) is 9.48 Å². The van der Waals surface area contributed by atoms with Gasteiger partial charge in [-0.25, -0.2) is 9.97 Å². The molecule has 2 aromatic rings. The lowest BCUT2D eigenvalue weighted by Gasteiger charge is -2.04. The van der Waals surface area contributed by atoms with Gasteiger partial charge in [-0.15, -0.1) is 11.3 Å². The van der Waals surface area contributed by atoms with Gasteiger partial charge in [-0.1, -0.05) is 0 Å². The van der Waals surface area contributed by atoms with Crippen LogP contribution in [0.1, 0.15) is 10.7 Å². The zero-order valence-corrected chi connectivity index (χ0v) is 10.4. The van der Waals surface area contributed by atoms with Crippen LogP contribution in [0.15, 0.2) is 27.2 Å². The maximum Gasteiger partial charge on any atom is 0.268 e. The first kappa shape index (κ1) is 10.5. The van der Waals surface area contributed by atoms with Gasteiger partial charge in [-0.2, -0.15) is 0 Å². The Morgan fingerprint density at radius 2 is 2.33 bits per heavy atom. The summed E-state index contributed by atoms with van der Waals surface area (Å²) in [5.41, 5.74) is 0.632. The summed E-state index contributed by atoms with van der Waals surface area (Å²) < 4.78 is 2.05. The van der Waals surface area contributed by atoms with E-state index in [1.165, 1.54) is 15.9 Å². The molecule has 2 heterocycles. The van der Waals surface area contributed by atoms with E-state index in [0.29, 0.717) is 16.7 Å². The third-order valence-corrected chi connectivity index (χ3v) is 3.62. The highest BCUT2D eigenvalue weighted by Crippen LogP contribution is 2.08. The van der Waals surface area contributed by atoms with E-state index in [4.69, 9.17) is 0 Å². The van der Waals surface area contributed by atoms with Crippen molar-refractivity contribution in [1.29, 1.82) is 0 Å². The van der Waals surface area contributed by atoms with E-state index in [1.54, 1.807) is 19.4 Å². The number of rotatable bonds is 2. The van der Waals surface area contributed by atoms with E-state index in [1.807, 2.05) is 5.38 Å². The molecule has 0 aliphatic carbocycles. The maximum absolute atomic E-state index is 11.8. The van der Waals surface area contributed by atoms with Crippen molar-refractivity contribution in [2.75, 3.05) is 0 Å². The molecule has 0 aromatic carbocycles. The summed E-state index contributed by atoms with van der Waals surface area (Å²) >= 11 is 4.74. The topological polar surface area (TPSA) is 47.8 Å². The SMILES string of the molecule is Cc1ncn(Cc2nccs2)c(=O)c1Br. The molecule has 0 bridgehead atoms. The van der Waals surface area contributed by atoms with Gasteiger partial charge < -0.3 is 0 Å². The fourth-order valence-electron chi connectivity index (χ4n) is 1.14. The lowest BCUT2D eigenvalue weighted by atomic mass is 10.4. The van der Waals surface area contributed by atoms with Crippen LogP contribution in [0.3, 0.4) is 0 Å². The normalized spacial score (nSPS) is 10.5. The van der Waals surface area contributed by atoms with E-state index < -0.39 is 0 Å². The van der Waals surface area contributed by atoms with Crippen molar-refractivity contribution in [2.45, 2.75) is 13.5 Å². The van der Waals surface area contributed by atoms with Crippen LogP contribution in [0.25, 0.3) is 0 Å². The summed E-state index contributed by atoms with van der Waals surface area (Å²) in [5, 5.41) is 2.78. The van der Waals surface area contributed by atoms with Gasteiger partial charge in [-0.3, -0.25) is 9.36 Å². The van der Waals surface area contributed by atoms with Crippen LogP contribution >= 0.6 is 27.3 Å². The van der Waals surface area contributed by atoms with Gasteiger partial charge in [0.15, 0.2) is 0 Å². The maximum atomic E-state index is 11.8. The fourth-order valence-corrected chi connectivity index (χ4v) is 2.08. The zero-order valence-electron chi connectivity index (χ0n) is 7.98. The van der Waals surface area contributed by atoms with Crippen LogP contribution in [0.2, 0.25) is 0 Å². The van der Waals surface area contributed by atoms with Crippen molar-refractivity contribution < 1.29 is 0 Å². The summed E-state index contributed by atoms with van der Waals surface area (Å²) in [6.45, 7) is 2.27. The van der Waals surface area contributed by atoms with E-state index in [9.17, 15) is 4.79 Å². The van der Waals surface area contributed by atoms with Crippen molar-refractivity contribution in [2.24, 2.45) is 0 Å². The van der Waals surface area contributed by atoms with Crippen molar-refractivity contribution in [1.82, 2.24) is 14.5 Å². The number of aryl methyl sites for hydroxylation is 1. The molecular weight excluding hydrogens is 278 g/mol. The number of hydrogen-bond donors (Lipinski definition) is 0. The van der Waals surface area contributed by atoms with Gasteiger partial charge in [-0.05, 0) is 22.9 Å². The monoisotopic (exact) mass is 285 g/mol. The number of hydrogen-bond acceptors (Lipinski definition) is 4. The molecule has 2 aromatic heterocycles. The van der Waals surface area contributed by atoms with Crippen LogP contribution in [0.4, 0.5) is 0 Å². The van der Waals surface area contributed by atoms with Crippen molar-refractivity contribution >= 4 is 27.3 Å². The number of thiazole rings is 1. The molecule has 0 aliphatic heterocycles. The Morgan fingerprint density at radius 3 is 3.00 bits per heavy atom. The zero-order chi connectivity index (χ0) is 10.8. The van der Waals surface area contributed by atoms with Crippen LogP contribution in [-0.2, 0) is 6.54 Å². The summed E-state index contributed by atoms with van der Waals surface area (Å²) in [7, 11) is 0. The molecule has 0 amide bonds. The molecule has 0 atom stereocenters. The average Bonchev–Trinajstić information content (AvgIpc) is 2.72. The molecule has 0 spiro atoms. The minimum atomic E-state index is -0.0716.